The van der Waals surface area contributed by atoms with Crippen LogP contribution < -0.4 is 5.32 Å². The smallest absolute Gasteiger partial charge is 0.125 e. The minimum absolute atomic E-state index is 0.243. The van der Waals surface area contributed by atoms with Crippen molar-refractivity contribution in [3.63, 3.8) is 0 Å². The summed E-state index contributed by atoms with van der Waals surface area (Å²) in [7, 11) is 0. The maximum Gasteiger partial charge on any atom is 0.125 e. The van der Waals surface area contributed by atoms with Crippen molar-refractivity contribution in [1.82, 2.24) is 15.3 Å². The molecule has 2 aromatic rings. The number of hydrogen-bond acceptors (Lipinski definition) is 3. The normalized spacial score (nSPS) is 12.4. The highest BCUT2D eigenvalue weighted by Crippen LogP contribution is 2.18. The molecule has 1 heterocycles. The zero-order valence-electron chi connectivity index (χ0n) is 11.9. The Morgan fingerprint density at radius 3 is 2.63 bits per heavy atom. The van der Waals surface area contributed by atoms with Crippen LogP contribution in [0, 0.1) is 13.8 Å². The molecule has 1 aromatic heterocycles. The summed E-state index contributed by atoms with van der Waals surface area (Å²) in [5.41, 5.74) is 3.76. The SMILES string of the molecule is CCNC(Cc1ccccc1C)c1ccnc(C)n1. The van der Waals surface area contributed by atoms with Crippen LogP contribution in [0.15, 0.2) is 36.5 Å². The molecule has 0 radical (unpaired) electrons. The molecule has 0 bridgehead atoms. The van der Waals surface area contributed by atoms with Gasteiger partial charge in [-0.25, -0.2) is 9.97 Å². The Bertz CT molecular complexity index is 537. The van der Waals surface area contributed by atoms with Crippen molar-refractivity contribution in [2.75, 3.05) is 6.54 Å². The van der Waals surface area contributed by atoms with E-state index in [-0.39, 0.29) is 6.04 Å². The molecule has 1 unspecified atom stereocenters. The summed E-state index contributed by atoms with van der Waals surface area (Å²) in [6.07, 6.45) is 2.79. The van der Waals surface area contributed by atoms with Crippen LogP contribution in [0.3, 0.4) is 0 Å². The Morgan fingerprint density at radius 1 is 1.16 bits per heavy atom. The van der Waals surface area contributed by atoms with Gasteiger partial charge in [-0.05, 0) is 44.0 Å². The van der Waals surface area contributed by atoms with E-state index < -0.39 is 0 Å². The second kappa shape index (κ2) is 6.43. The number of aryl methyl sites for hydroxylation is 2. The van der Waals surface area contributed by atoms with E-state index in [9.17, 15) is 0 Å². The van der Waals surface area contributed by atoms with E-state index in [1.807, 2.05) is 19.2 Å². The Hall–Kier alpha value is -1.74. The summed E-state index contributed by atoms with van der Waals surface area (Å²) >= 11 is 0. The van der Waals surface area contributed by atoms with Crippen molar-refractivity contribution in [2.24, 2.45) is 0 Å². The minimum Gasteiger partial charge on any atom is -0.309 e. The third kappa shape index (κ3) is 3.61. The van der Waals surface area contributed by atoms with Crippen molar-refractivity contribution in [3.05, 3.63) is 59.2 Å². The molecule has 0 saturated carbocycles. The van der Waals surface area contributed by atoms with Gasteiger partial charge in [0, 0.05) is 6.20 Å². The van der Waals surface area contributed by atoms with Gasteiger partial charge in [0.1, 0.15) is 5.82 Å². The van der Waals surface area contributed by atoms with Crippen molar-refractivity contribution < 1.29 is 0 Å². The Balaban J connectivity index is 2.24. The van der Waals surface area contributed by atoms with Gasteiger partial charge in [0.15, 0.2) is 0 Å². The number of rotatable bonds is 5. The van der Waals surface area contributed by atoms with Gasteiger partial charge >= 0.3 is 0 Å². The van der Waals surface area contributed by atoms with Crippen LogP contribution in [0.5, 0.6) is 0 Å². The maximum atomic E-state index is 4.54. The molecule has 0 aliphatic heterocycles. The van der Waals surface area contributed by atoms with Crippen LogP contribution in [0.25, 0.3) is 0 Å². The van der Waals surface area contributed by atoms with Gasteiger partial charge in [-0.15, -0.1) is 0 Å². The molecule has 0 saturated heterocycles. The fourth-order valence-electron chi connectivity index (χ4n) is 2.26. The Morgan fingerprint density at radius 2 is 1.95 bits per heavy atom. The molecule has 0 aliphatic carbocycles. The molecule has 1 N–H and O–H groups in total. The van der Waals surface area contributed by atoms with Crippen molar-refractivity contribution in [2.45, 2.75) is 33.2 Å². The lowest BCUT2D eigenvalue weighted by molar-refractivity contribution is 0.533. The molecule has 3 heteroatoms. The molecule has 2 rings (SSSR count). The van der Waals surface area contributed by atoms with Crippen LogP contribution >= 0.6 is 0 Å². The summed E-state index contributed by atoms with van der Waals surface area (Å²) in [4.78, 5) is 8.71. The molecular formula is C16H21N3. The predicted molar refractivity (Wildman–Crippen MR) is 78.1 cm³/mol. The molecule has 0 spiro atoms. The quantitative estimate of drug-likeness (QED) is 0.892. The second-order valence-electron chi connectivity index (χ2n) is 4.77. The van der Waals surface area contributed by atoms with Crippen LogP contribution in [-0.4, -0.2) is 16.5 Å². The first kappa shape index (κ1) is 13.7. The number of nitrogens with zero attached hydrogens (tertiary/aromatic N) is 2. The van der Waals surface area contributed by atoms with Gasteiger partial charge in [-0.1, -0.05) is 31.2 Å². The fraction of sp³-hybridized carbons (Fsp3) is 0.375. The monoisotopic (exact) mass is 255 g/mol. The summed E-state index contributed by atoms with van der Waals surface area (Å²) in [5.74, 6) is 0.824. The number of benzene rings is 1. The highest BCUT2D eigenvalue weighted by molar-refractivity contribution is 5.27. The van der Waals surface area contributed by atoms with E-state index in [0.717, 1.165) is 24.5 Å². The van der Waals surface area contributed by atoms with E-state index in [4.69, 9.17) is 0 Å². The third-order valence-electron chi connectivity index (χ3n) is 3.29. The van der Waals surface area contributed by atoms with Crippen LogP contribution in [0.1, 0.15) is 35.6 Å². The van der Waals surface area contributed by atoms with Crippen LogP contribution in [-0.2, 0) is 6.42 Å². The first-order valence-electron chi connectivity index (χ1n) is 6.78. The van der Waals surface area contributed by atoms with Crippen molar-refractivity contribution in [3.8, 4) is 0 Å². The Labute approximate surface area is 115 Å². The molecule has 1 aromatic carbocycles. The zero-order valence-corrected chi connectivity index (χ0v) is 11.9. The van der Waals surface area contributed by atoms with Crippen molar-refractivity contribution >= 4 is 0 Å². The van der Waals surface area contributed by atoms with E-state index in [0.29, 0.717) is 0 Å². The first-order valence-corrected chi connectivity index (χ1v) is 6.78. The standard InChI is InChI=1S/C16H21N3/c1-4-17-16(15-9-10-18-13(3)19-15)11-14-8-6-5-7-12(14)2/h5-10,16-17H,4,11H2,1-3H3. The summed E-state index contributed by atoms with van der Waals surface area (Å²) in [6, 6.07) is 10.8. The van der Waals surface area contributed by atoms with Gasteiger partial charge in [0.2, 0.25) is 0 Å². The summed E-state index contributed by atoms with van der Waals surface area (Å²) in [6.45, 7) is 7.14. The molecule has 0 fully saturated rings. The fourth-order valence-corrected chi connectivity index (χ4v) is 2.26. The molecule has 0 amide bonds. The lowest BCUT2D eigenvalue weighted by Crippen LogP contribution is -2.24. The lowest BCUT2D eigenvalue weighted by Gasteiger charge is -2.18. The number of aromatic nitrogens is 2. The Kier molecular flexibility index (Phi) is 4.63. The third-order valence-corrected chi connectivity index (χ3v) is 3.29. The van der Waals surface area contributed by atoms with Gasteiger partial charge in [0.05, 0.1) is 11.7 Å². The van der Waals surface area contributed by atoms with Gasteiger partial charge in [-0.3, -0.25) is 0 Å². The molecule has 0 aliphatic rings. The van der Waals surface area contributed by atoms with E-state index in [2.05, 4.69) is 53.4 Å². The van der Waals surface area contributed by atoms with Gasteiger partial charge < -0.3 is 5.32 Å². The van der Waals surface area contributed by atoms with E-state index >= 15 is 0 Å². The molecule has 100 valence electrons. The van der Waals surface area contributed by atoms with Crippen LogP contribution in [0.4, 0.5) is 0 Å². The lowest BCUT2D eigenvalue weighted by atomic mass is 9.99. The molecule has 19 heavy (non-hydrogen) atoms. The molecule has 1 atom stereocenters. The second-order valence-corrected chi connectivity index (χ2v) is 4.77. The highest BCUT2D eigenvalue weighted by Gasteiger charge is 2.13. The number of likely N-dealkylation sites (N-methyl/N-ethyl adjacent to an activating group) is 1. The average molecular weight is 255 g/mol. The van der Waals surface area contributed by atoms with Gasteiger partial charge in [-0.2, -0.15) is 0 Å². The highest BCUT2D eigenvalue weighted by atomic mass is 15.0. The van der Waals surface area contributed by atoms with Gasteiger partial charge in [0.25, 0.3) is 0 Å². The van der Waals surface area contributed by atoms with Crippen molar-refractivity contribution in [1.29, 1.82) is 0 Å². The minimum atomic E-state index is 0.243. The first-order chi connectivity index (χ1) is 9.20. The maximum absolute atomic E-state index is 4.54. The average Bonchev–Trinajstić information content (AvgIpc) is 2.40. The number of nitrogens with one attached hydrogen (secondary N) is 1. The van der Waals surface area contributed by atoms with E-state index in [1.165, 1.54) is 11.1 Å². The largest absolute Gasteiger partial charge is 0.309 e. The predicted octanol–water partition coefficient (Wildman–Crippen LogP) is 2.99. The number of hydrogen-bond donors (Lipinski definition) is 1. The van der Waals surface area contributed by atoms with Crippen LogP contribution in [0.2, 0.25) is 0 Å². The summed E-state index contributed by atoms with van der Waals surface area (Å²) in [5, 5.41) is 3.51. The summed E-state index contributed by atoms with van der Waals surface area (Å²) < 4.78 is 0. The van der Waals surface area contributed by atoms with E-state index in [1.54, 1.807) is 0 Å². The molecular weight excluding hydrogens is 234 g/mol. The zero-order chi connectivity index (χ0) is 13.7. The topological polar surface area (TPSA) is 37.8 Å². The molecule has 3 nitrogen and oxygen atoms in total.